The Hall–Kier alpha value is -4.54. The quantitative estimate of drug-likeness (QED) is 0.376. The molecular weight excluding hydrogens is 535 g/mol. The van der Waals surface area contributed by atoms with Crippen molar-refractivity contribution < 1.29 is 18.8 Å². The smallest absolute Gasteiger partial charge is 0.258 e. The molecule has 10 heteroatoms. The van der Waals surface area contributed by atoms with Crippen LogP contribution in [0, 0.1) is 12.7 Å². The molecule has 3 amide bonds. The number of likely N-dealkylation sites (N-methyl/N-ethyl adjacent to an activating group) is 2. The molecular formula is C32H35FN6O3. The number of carbonyl (C=O) groups excluding carboxylic acids is 3. The van der Waals surface area contributed by atoms with Gasteiger partial charge in [0.2, 0.25) is 5.91 Å². The highest BCUT2D eigenvalue weighted by Gasteiger charge is 2.29. The predicted octanol–water partition coefficient (Wildman–Crippen LogP) is 3.64. The van der Waals surface area contributed by atoms with Gasteiger partial charge in [-0.15, -0.1) is 0 Å². The Balaban J connectivity index is 1.45. The van der Waals surface area contributed by atoms with E-state index in [0.717, 1.165) is 37.4 Å². The highest BCUT2D eigenvalue weighted by atomic mass is 19.1. The summed E-state index contributed by atoms with van der Waals surface area (Å²) in [6.07, 6.45) is 0. The van der Waals surface area contributed by atoms with Crippen molar-refractivity contribution in [2.45, 2.75) is 6.92 Å². The summed E-state index contributed by atoms with van der Waals surface area (Å²) in [5.74, 6) is -1.01. The Bertz CT molecular complexity index is 1560. The number of halogens is 1. The molecule has 3 aromatic carbocycles. The van der Waals surface area contributed by atoms with Crippen LogP contribution in [0.4, 0.5) is 21.5 Å². The van der Waals surface area contributed by atoms with E-state index in [1.807, 2.05) is 31.2 Å². The molecule has 0 unspecified atom stereocenters. The van der Waals surface area contributed by atoms with Crippen LogP contribution >= 0.6 is 0 Å². The summed E-state index contributed by atoms with van der Waals surface area (Å²) in [6.45, 7) is 5.85. The normalized spacial score (nSPS) is 16.5. The van der Waals surface area contributed by atoms with E-state index in [9.17, 15) is 18.8 Å². The number of hydrogen-bond donors (Lipinski definition) is 3. The molecule has 0 saturated carbocycles. The van der Waals surface area contributed by atoms with E-state index in [1.165, 1.54) is 12.1 Å². The molecule has 5 rings (SSSR count). The lowest BCUT2D eigenvalue weighted by atomic mass is 9.95. The van der Waals surface area contributed by atoms with E-state index in [-0.39, 0.29) is 17.7 Å². The van der Waals surface area contributed by atoms with Crippen molar-refractivity contribution >= 4 is 46.1 Å². The molecule has 0 atom stereocenters. The van der Waals surface area contributed by atoms with Gasteiger partial charge in [0.25, 0.3) is 11.8 Å². The van der Waals surface area contributed by atoms with Crippen LogP contribution in [0.3, 0.4) is 0 Å². The van der Waals surface area contributed by atoms with Crippen molar-refractivity contribution in [2.24, 2.45) is 0 Å². The third kappa shape index (κ3) is 6.05. The number of carbonyl (C=O) groups is 3. The summed E-state index contributed by atoms with van der Waals surface area (Å²) < 4.78 is 14.0. The zero-order chi connectivity index (χ0) is 30.0. The summed E-state index contributed by atoms with van der Waals surface area (Å²) in [7, 11) is 5.42. The fourth-order valence-corrected chi connectivity index (χ4v) is 5.25. The van der Waals surface area contributed by atoms with Gasteiger partial charge in [0.15, 0.2) is 0 Å². The van der Waals surface area contributed by atoms with Crippen LogP contribution in [0.15, 0.2) is 60.7 Å². The highest BCUT2D eigenvalue weighted by Crippen LogP contribution is 2.39. The summed E-state index contributed by atoms with van der Waals surface area (Å²) in [4.78, 5) is 44.5. The van der Waals surface area contributed by atoms with Gasteiger partial charge >= 0.3 is 0 Å². The number of nitrogens with zero attached hydrogens (tertiary/aromatic N) is 3. The Kier molecular flexibility index (Phi) is 8.37. The Labute approximate surface area is 245 Å². The predicted molar refractivity (Wildman–Crippen MR) is 164 cm³/mol. The Morgan fingerprint density at radius 2 is 1.71 bits per heavy atom. The molecule has 2 aliphatic rings. The first-order valence-electron chi connectivity index (χ1n) is 13.9. The average molecular weight is 571 g/mol. The summed E-state index contributed by atoms with van der Waals surface area (Å²) in [6, 6.07) is 16.9. The van der Waals surface area contributed by atoms with Gasteiger partial charge in [0.05, 0.1) is 23.5 Å². The van der Waals surface area contributed by atoms with Gasteiger partial charge in [-0.1, -0.05) is 6.07 Å². The lowest BCUT2D eigenvalue weighted by molar-refractivity contribution is -0.119. The number of nitrogens with one attached hydrogen (secondary N) is 3. The highest BCUT2D eigenvalue weighted by molar-refractivity contribution is 6.37. The van der Waals surface area contributed by atoms with E-state index in [4.69, 9.17) is 0 Å². The molecule has 2 heterocycles. The molecule has 1 saturated heterocycles. The number of anilines is 3. The molecule has 0 radical (unpaired) electrons. The van der Waals surface area contributed by atoms with Gasteiger partial charge in [-0.05, 0) is 74.1 Å². The molecule has 0 aliphatic carbocycles. The van der Waals surface area contributed by atoms with E-state index >= 15 is 0 Å². The van der Waals surface area contributed by atoms with Crippen LogP contribution in [-0.4, -0.2) is 81.4 Å². The molecule has 2 aliphatic heterocycles. The molecule has 3 aromatic rings. The van der Waals surface area contributed by atoms with Gasteiger partial charge in [-0.3, -0.25) is 19.3 Å². The lowest BCUT2D eigenvalue weighted by Gasteiger charge is -2.32. The largest absolute Gasteiger partial charge is 0.355 e. The maximum absolute atomic E-state index is 14.0. The second-order valence-corrected chi connectivity index (χ2v) is 10.7. The van der Waals surface area contributed by atoms with Crippen molar-refractivity contribution in [1.29, 1.82) is 0 Å². The summed E-state index contributed by atoms with van der Waals surface area (Å²) >= 11 is 0. The average Bonchev–Trinajstić information content (AvgIpc) is 3.31. The van der Waals surface area contributed by atoms with Gasteiger partial charge < -0.3 is 25.8 Å². The van der Waals surface area contributed by atoms with Crippen LogP contribution in [0.2, 0.25) is 0 Å². The lowest BCUT2D eigenvalue weighted by Crippen LogP contribution is -2.48. The van der Waals surface area contributed by atoms with Gasteiger partial charge in [0, 0.05) is 68.3 Å². The summed E-state index contributed by atoms with van der Waals surface area (Å²) in [5, 5.41) is 8.79. The van der Waals surface area contributed by atoms with E-state index in [2.05, 4.69) is 32.8 Å². The minimum absolute atomic E-state index is 0.0152. The van der Waals surface area contributed by atoms with Gasteiger partial charge in [0.1, 0.15) is 5.82 Å². The van der Waals surface area contributed by atoms with Crippen LogP contribution in [0.1, 0.15) is 27.0 Å². The first-order chi connectivity index (χ1) is 20.1. The number of fused-ring (bicyclic) bond motifs is 1. The third-order valence-electron chi connectivity index (χ3n) is 7.81. The number of benzene rings is 3. The molecule has 3 N–H and O–H groups in total. The van der Waals surface area contributed by atoms with Crippen molar-refractivity contribution in [1.82, 2.24) is 15.1 Å². The topological polar surface area (TPSA) is 97.0 Å². The zero-order valence-corrected chi connectivity index (χ0v) is 24.3. The first-order valence-corrected chi connectivity index (χ1v) is 13.9. The zero-order valence-electron chi connectivity index (χ0n) is 24.3. The van der Waals surface area contributed by atoms with Gasteiger partial charge in [-0.25, -0.2) is 4.39 Å². The fourth-order valence-electron chi connectivity index (χ4n) is 5.25. The standard InChI is InChI=1S/C32H35FN6O3/c1-20-17-21(31(41)34-2)5-11-25(20)30(29-26-12-6-22(33)18-27(26)36-32(29)42)35-23-7-9-24(10-8-23)38(4)28(40)19-39-15-13-37(3)14-16-39/h5-12,17-18,35H,13-16,19H2,1-4H3,(H,34,41)(H,36,42)/b30-29-. The maximum atomic E-state index is 14.0. The second kappa shape index (κ2) is 12.1. The van der Waals surface area contributed by atoms with Crippen LogP contribution in [-0.2, 0) is 9.59 Å². The molecule has 0 aromatic heterocycles. The molecule has 0 spiro atoms. The number of hydrogen-bond acceptors (Lipinski definition) is 6. The first kappa shape index (κ1) is 29.0. The number of aryl methyl sites for hydroxylation is 1. The monoisotopic (exact) mass is 570 g/mol. The van der Waals surface area contributed by atoms with E-state index < -0.39 is 5.82 Å². The minimum Gasteiger partial charge on any atom is -0.355 e. The van der Waals surface area contributed by atoms with Crippen molar-refractivity contribution in [3.05, 3.63) is 88.7 Å². The van der Waals surface area contributed by atoms with E-state index in [1.54, 1.807) is 43.3 Å². The van der Waals surface area contributed by atoms with Crippen molar-refractivity contribution in [2.75, 3.05) is 69.4 Å². The summed E-state index contributed by atoms with van der Waals surface area (Å²) in [5.41, 5.74) is 5.28. The maximum Gasteiger partial charge on any atom is 0.258 e. The van der Waals surface area contributed by atoms with E-state index in [0.29, 0.717) is 45.9 Å². The van der Waals surface area contributed by atoms with Crippen molar-refractivity contribution in [3.8, 4) is 0 Å². The fraction of sp³-hybridized carbons (Fsp3) is 0.281. The minimum atomic E-state index is -0.446. The van der Waals surface area contributed by atoms with Crippen LogP contribution < -0.4 is 20.9 Å². The van der Waals surface area contributed by atoms with Crippen LogP contribution in [0.25, 0.3) is 11.3 Å². The van der Waals surface area contributed by atoms with Gasteiger partial charge in [-0.2, -0.15) is 0 Å². The van der Waals surface area contributed by atoms with Crippen molar-refractivity contribution in [3.63, 3.8) is 0 Å². The molecule has 0 bridgehead atoms. The number of piperazine rings is 1. The Morgan fingerprint density at radius 3 is 2.38 bits per heavy atom. The van der Waals surface area contributed by atoms with Crippen LogP contribution in [0.5, 0.6) is 0 Å². The third-order valence-corrected chi connectivity index (χ3v) is 7.81. The molecule has 218 valence electrons. The number of rotatable bonds is 7. The molecule has 9 nitrogen and oxygen atoms in total. The number of amides is 3. The second-order valence-electron chi connectivity index (χ2n) is 10.7. The SMILES string of the molecule is CNC(=O)c1ccc(/C(Nc2ccc(N(C)C(=O)CN3CCN(C)CC3)cc2)=C2/C(=O)Nc3cc(F)ccc32)c(C)c1. The molecule has 1 fully saturated rings. The Morgan fingerprint density at radius 1 is 1.00 bits per heavy atom. The molecule has 42 heavy (non-hydrogen) atoms.